The van der Waals surface area contributed by atoms with E-state index in [9.17, 15) is 4.79 Å². The van der Waals surface area contributed by atoms with Crippen LogP contribution in [-0.2, 0) is 22.6 Å². The van der Waals surface area contributed by atoms with E-state index in [4.69, 9.17) is 14.7 Å². The molecule has 9 rings (SSSR count). The van der Waals surface area contributed by atoms with Crippen molar-refractivity contribution in [2.75, 3.05) is 57.6 Å². The first-order chi connectivity index (χ1) is 31.6. The van der Waals surface area contributed by atoms with Crippen LogP contribution >= 0.6 is 0 Å². The first kappa shape index (κ1) is 44.3. The fourth-order valence-electron chi connectivity index (χ4n) is 7.16. The van der Waals surface area contributed by atoms with Gasteiger partial charge >= 0.3 is 0 Å². The molecule has 0 radical (unpaired) electrons. The molecular formula is C47H54N16O2. The van der Waals surface area contributed by atoms with Crippen LogP contribution in [0, 0.1) is 0 Å². The Balaban J connectivity index is 0.000000181. The van der Waals surface area contributed by atoms with Crippen LogP contribution in [0.15, 0.2) is 98.1 Å². The topological polar surface area (TPSA) is 196 Å². The number of hydrogen-bond donors (Lipinski definition) is 2. The molecule has 1 aliphatic heterocycles. The number of rotatable bonds is 15. The maximum Gasteiger partial charge on any atom is 0.236 e. The van der Waals surface area contributed by atoms with Gasteiger partial charge in [0.05, 0.1) is 66.6 Å². The standard InChI is InChI=1S/C26H31N9O.C21H23N7O/c1-18(2)19-12-25(32-28-14-19)31-24-6-5-22-23(30-24)11-20(13-27-22)21-15-29-35(16-21)8-4-7-34-10-9-33(3)26(36)17-34;1-14(2)15-9-21(27-23-11-15)26-20-5-4-18-19(25-20)8-16(10-22-18)17-12-24-28(13-17)6-7-29-3/h5-6,11-16,18H,4,7-10,17H2,1-3H3,(H,30,31,32);4-5,8-14H,6-7H2,1-3H3,(H,25,26,27). The molecule has 18 nitrogen and oxygen atoms in total. The number of carbonyl (C=O) groups excluding carboxylic acids is 1. The lowest BCUT2D eigenvalue weighted by Crippen LogP contribution is -2.48. The number of nitrogens with zero attached hydrogens (tertiary/aromatic N) is 14. The molecule has 18 heteroatoms. The van der Waals surface area contributed by atoms with Gasteiger partial charge in [0, 0.05) is 87.4 Å². The van der Waals surface area contributed by atoms with E-state index in [2.05, 4.69) is 83.8 Å². The zero-order chi connectivity index (χ0) is 45.3. The minimum absolute atomic E-state index is 0.190. The SMILES string of the molecule is CC(C)c1cnnc(Nc2ccc3ncc(-c4cnn(CCCN5CCN(C)C(=O)C5)c4)cc3n2)c1.COCCn1cc(-c2cnc3ccc(Nc4cc(C(C)C)cnn4)nc3c2)cn1. The van der Waals surface area contributed by atoms with E-state index >= 15 is 0 Å². The molecule has 0 atom stereocenters. The molecule has 0 bridgehead atoms. The van der Waals surface area contributed by atoms with Gasteiger partial charge in [0.25, 0.3) is 0 Å². The zero-order valence-corrected chi connectivity index (χ0v) is 37.6. The molecule has 1 saturated heterocycles. The normalized spacial score (nSPS) is 13.2. The summed E-state index contributed by atoms with van der Waals surface area (Å²) in [7, 11) is 3.54. The van der Waals surface area contributed by atoms with E-state index in [0.717, 1.165) is 88.0 Å². The Morgan fingerprint density at radius 3 is 1.66 bits per heavy atom. The highest BCUT2D eigenvalue weighted by Crippen LogP contribution is 2.26. The number of anilines is 4. The summed E-state index contributed by atoms with van der Waals surface area (Å²) in [4.78, 5) is 34.5. The van der Waals surface area contributed by atoms with Gasteiger partial charge in [-0.25, -0.2) is 9.97 Å². The van der Waals surface area contributed by atoms with Crippen LogP contribution in [0.3, 0.4) is 0 Å². The van der Waals surface area contributed by atoms with E-state index in [1.807, 2.05) is 102 Å². The average Bonchev–Trinajstić information content (AvgIpc) is 4.00. The molecule has 0 aliphatic carbocycles. The molecule has 1 fully saturated rings. The molecule has 334 valence electrons. The van der Waals surface area contributed by atoms with Crippen molar-refractivity contribution in [1.29, 1.82) is 0 Å². The van der Waals surface area contributed by atoms with Crippen LogP contribution < -0.4 is 10.6 Å². The fraction of sp³-hybridized carbons (Fsp3) is 0.340. The van der Waals surface area contributed by atoms with Crippen molar-refractivity contribution >= 4 is 51.2 Å². The number of piperazine rings is 1. The van der Waals surface area contributed by atoms with Gasteiger partial charge in [-0.1, -0.05) is 27.7 Å². The third-order valence-corrected chi connectivity index (χ3v) is 11.1. The quantitative estimate of drug-likeness (QED) is 0.106. The van der Waals surface area contributed by atoms with Gasteiger partial charge < -0.3 is 20.3 Å². The summed E-state index contributed by atoms with van der Waals surface area (Å²) in [6, 6.07) is 15.7. The number of carbonyl (C=O) groups is 1. The second kappa shape index (κ2) is 20.5. The number of methoxy groups -OCH3 is 1. The van der Waals surface area contributed by atoms with Crippen LogP contribution in [-0.4, -0.2) is 123 Å². The largest absolute Gasteiger partial charge is 0.383 e. The van der Waals surface area contributed by atoms with Gasteiger partial charge in [-0.15, -0.1) is 10.2 Å². The number of amides is 1. The zero-order valence-electron chi connectivity index (χ0n) is 37.6. The average molecular weight is 875 g/mol. The van der Waals surface area contributed by atoms with Crippen molar-refractivity contribution in [3.63, 3.8) is 0 Å². The first-order valence-corrected chi connectivity index (χ1v) is 21.8. The minimum atomic E-state index is 0.190. The van der Waals surface area contributed by atoms with Crippen LogP contribution in [0.4, 0.5) is 23.3 Å². The lowest BCUT2D eigenvalue weighted by atomic mass is 10.1. The monoisotopic (exact) mass is 874 g/mol. The lowest BCUT2D eigenvalue weighted by molar-refractivity contribution is -0.134. The van der Waals surface area contributed by atoms with E-state index in [1.165, 1.54) is 0 Å². The van der Waals surface area contributed by atoms with Crippen LogP contribution in [0.2, 0.25) is 0 Å². The molecular weight excluding hydrogens is 821 g/mol. The summed E-state index contributed by atoms with van der Waals surface area (Å²) in [5.74, 6) is 3.67. The number of aromatic nitrogens is 12. The Morgan fingerprint density at radius 1 is 0.615 bits per heavy atom. The Labute approximate surface area is 377 Å². The van der Waals surface area contributed by atoms with E-state index in [1.54, 1.807) is 24.4 Å². The number of likely N-dealkylation sites (N-methyl/N-ethyl adjacent to an activating group) is 1. The summed E-state index contributed by atoms with van der Waals surface area (Å²) in [5, 5.41) is 31.9. The third-order valence-electron chi connectivity index (χ3n) is 11.1. The number of pyridine rings is 4. The molecule has 0 spiro atoms. The molecule has 8 aromatic heterocycles. The number of nitrogens with one attached hydrogen (secondary N) is 2. The Morgan fingerprint density at radius 2 is 1.15 bits per heavy atom. The summed E-state index contributed by atoms with van der Waals surface area (Å²) < 4.78 is 8.90. The summed E-state index contributed by atoms with van der Waals surface area (Å²) in [5.41, 5.74) is 9.39. The molecule has 65 heavy (non-hydrogen) atoms. The van der Waals surface area contributed by atoms with Crippen molar-refractivity contribution in [3.8, 4) is 22.3 Å². The molecule has 1 aliphatic rings. The fourth-order valence-corrected chi connectivity index (χ4v) is 7.16. The van der Waals surface area contributed by atoms with Gasteiger partial charge in [-0.05, 0) is 77.9 Å². The van der Waals surface area contributed by atoms with Gasteiger partial charge in [-0.3, -0.25) is 29.0 Å². The molecule has 9 heterocycles. The number of ether oxygens (including phenoxy) is 1. The van der Waals surface area contributed by atoms with Crippen molar-refractivity contribution in [1.82, 2.24) is 69.7 Å². The molecule has 0 aromatic carbocycles. The Kier molecular flexibility index (Phi) is 13.9. The highest BCUT2D eigenvalue weighted by Gasteiger charge is 2.20. The maximum absolute atomic E-state index is 11.9. The summed E-state index contributed by atoms with van der Waals surface area (Å²) in [6.45, 7) is 13.7. The van der Waals surface area contributed by atoms with Crippen molar-refractivity contribution in [2.45, 2.75) is 59.0 Å². The number of hydrogen-bond acceptors (Lipinski definition) is 15. The van der Waals surface area contributed by atoms with Gasteiger partial charge in [-0.2, -0.15) is 20.4 Å². The van der Waals surface area contributed by atoms with E-state index < -0.39 is 0 Å². The smallest absolute Gasteiger partial charge is 0.236 e. The predicted molar refractivity (Wildman–Crippen MR) is 251 cm³/mol. The van der Waals surface area contributed by atoms with Gasteiger partial charge in [0.1, 0.15) is 11.6 Å². The highest BCUT2D eigenvalue weighted by molar-refractivity contribution is 5.83. The van der Waals surface area contributed by atoms with E-state index in [-0.39, 0.29) is 5.91 Å². The molecule has 1 amide bonds. The Bertz CT molecular complexity index is 2880. The summed E-state index contributed by atoms with van der Waals surface area (Å²) >= 11 is 0. The first-order valence-electron chi connectivity index (χ1n) is 21.8. The Hall–Kier alpha value is -7.31. The highest BCUT2D eigenvalue weighted by atomic mass is 16.5. The predicted octanol–water partition coefficient (Wildman–Crippen LogP) is 7.11. The number of aryl methyl sites for hydroxylation is 1. The second-order valence-corrected chi connectivity index (χ2v) is 16.6. The molecule has 8 aromatic rings. The van der Waals surface area contributed by atoms with Crippen molar-refractivity contribution in [3.05, 3.63) is 109 Å². The second-order valence-electron chi connectivity index (χ2n) is 16.6. The van der Waals surface area contributed by atoms with E-state index in [0.29, 0.717) is 54.8 Å². The molecule has 2 N–H and O–H groups in total. The van der Waals surface area contributed by atoms with Gasteiger partial charge in [0.15, 0.2) is 11.6 Å². The van der Waals surface area contributed by atoms with Crippen LogP contribution in [0.25, 0.3) is 44.3 Å². The van der Waals surface area contributed by atoms with Crippen LogP contribution in [0.1, 0.15) is 57.1 Å². The molecule has 0 unspecified atom stereocenters. The number of fused-ring (bicyclic) bond motifs is 2. The summed E-state index contributed by atoms with van der Waals surface area (Å²) in [6.07, 6.45) is 15.9. The van der Waals surface area contributed by atoms with Crippen molar-refractivity contribution in [2.24, 2.45) is 0 Å². The maximum atomic E-state index is 11.9. The lowest BCUT2D eigenvalue weighted by Gasteiger charge is -2.31. The minimum Gasteiger partial charge on any atom is -0.383 e. The molecule has 0 saturated carbocycles. The van der Waals surface area contributed by atoms with Crippen LogP contribution in [0.5, 0.6) is 0 Å². The van der Waals surface area contributed by atoms with Gasteiger partial charge in [0.2, 0.25) is 5.91 Å². The van der Waals surface area contributed by atoms with Crippen molar-refractivity contribution < 1.29 is 9.53 Å². The third kappa shape index (κ3) is 11.5.